The molecule has 0 aliphatic carbocycles. The van der Waals surface area contributed by atoms with E-state index in [-0.39, 0.29) is 0 Å². The van der Waals surface area contributed by atoms with Gasteiger partial charge in [-0.15, -0.1) is 11.3 Å². The van der Waals surface area contributed by atoms with Crippen LogP contribution in [0.25, 0.3) is 0 Å². The van der Waals surface area contributed by atoms with Crippen molar-refractivity contribution in [3.8, 4) is 0 Å². The highest BCUT2D eigenvalue weighted by Gasteiger charge is 2.12. The van der Waals surface area contributed by atoms with E-state index in [9.17, 15) is 0 Å². The Morgan fingerprint density at radius 1 is 1.50 bits per heavy atom. The van der Waals surface area contributed by atoms with Crippen LogP contribution < -0.4 is 5.32 Å². The zero-order valence-corrected chi connectivity index (χ0v) is 9.44. The molecular weight excluding hydrogens is 194 g/mol. The van der Waals surface area contributed by atoms with Gasteiger partial charge in [-0.25, -0.2) is 4.98 Å². The summed E-state index contributed by atoms with van der Waals surface area (Å²) in [4.78, 5) is 8.21. The van der Waals surface area contributed by atoms with Gasteiger partial charge in [0.25, 0.3) is 0 Å². The minimum atomic E-state index is 0.955. The van der Waals surface area contributed by atoms with Crippen molar-refractivity contribution in [1.29, 1.82) is 0 Å². The lowest BCUT2D eigenvalue weighted by molar-refractivity contribution is 0.334. The van der Waals surface area contributed by atoms with Crippen molar-refractivity contribution in [3.05, 3.63) is 11.1 Å². The number of nitrogens with one attached hydrogen (secondary N) is 1. The van der Waals surface area contributed by atoms with Gasteiger partial charge in [-0.05, 0) is 32.9 Å². The third-order valence-corrected chi connectivity index (χ3v) is 3.40. The molecule has 1 N–H and O–H groups in total. The number of hydrogen-bond donors (Lipinski definition) is 1. The second-order valence-electron chi connectivity index (χ2n) is 3.65. The number of nitrogens with zero attached hydrogens (tertiary/aromatic N) is 2. The molecule has 1 aromatic heterocycles. The summed E-state index contributed by atoms with van der Waals surface area (Å²) in [6, 6.07) is 0. The zero-order valence-electron chi connectivity index (χ0n) is 8.62. The number of aromatic nitrogens is 1. The summed E-state index contributed by atoms with van der Waals surface area (Å²) < 4.78 is 0. The molecular formula is C10H17N3S. The molecule has 0 aromatic carbocycles. The third-order valence-electron chi connectivity index (χ3n) is 2.46. The van der Waals surface area contributed by atoms with Crippen molar-refractivity contribution in [1.82, 2.24) is 9.88 Å². The minimum absolute atomic E-state index is 0.955. The standard InChI is InChI=1S/C10H17N3S/c1-2-11-10-12-7-9(14-10)8-13-5-3-4-6-13/h7H,2-6,8H2,1H3,(H,11,12). The number of rotatable bonds is 4. The topological polar surface area (TPSA) is 28.2 Å². The normalized spacial score (nSPS) is 17.5. The van der Waals surface area contributed by atoms with Crippen molar-refractivity contribution < 1.29 is 0 Å². The Bertz CT molecular complexity index is 279. The maximum atomic E-state index is 4.33. The van der Waals surface area contributed by atoms with Crippen LogP contribution in [0, 0.1) is 0 Å². The van der Waals surface area contributed by atoms with Gasteiger partial charge in [0.1, 0.15) is 0 Å². The Morgan fingerprint density at radius 2 is 2.29 bits per heavy atom. The smallest absolute Gasteiger partial charge is 0.182 e. The fraction of sp³-hybridized carbons (Fsp3) is 0.700. The molecule has 1 fully saturated rings. The van der Waals surface area contributed by atoms with Crippen molar-refractivity contribution in [2.45, 2.75) is 26.3 Å². The maximum Gasteiger partial charge on any atom is 0.182 e. The lowest BCUT2D eigenvalue weighted by Gasteiger charge is -2.11. The van der Waals surface area contributed by atoms with Gasteiger partial charge in [0, 0.05) is 24.2 Å². The molecule has 0 amide bonds. The molecule has 0 unspecified atom stereocenters. The molecule has 0 radical (unpaired) electrons. The van der Waals surface area contributed by atoms with Gasteiger partial charge in [0.05, 0.1) is 0 Å². The van der Waals surface area contributed by atoms with E-state index in [0.717, 1.165) is 18.2 Å². The predicted octanol–water partition coefficient (Wildman–Crippen LogP) is 2.17. The van der Waals surface area contributed by atoms with E-state index in [1.54, 1.807) is 11.3 Å². The fourth-order valence-corrected chi connectivity index (χ4v) is 2.70. The maximum absolute atomic E-state index is 4.33. The second-order valence-corrected chi connectivity index (χ2v) is 4.76. The van der Waals surface area contributed by atoms with Crippen LogP contribution in [-0.2, 0) is 6.54 Å². The molecule has 0 spiro atoms. The minimum Gasteiger partial charge on any atom is -0.362 e. The monoisotopic (exact) mass is 211 g/mol. The van der Waals surface area contributed by atoms with E-state index in [1.807, 2.05) is 6.20 Å². The molecule has 2 rings (SSSR count). The van der Waals surface area contributed by atoms with Crippen molar-refractivity contribution in [2.75, 3.05) is 25.0 Å². The lowest BCUT2D eigenvalue weighted by Crippen LogP contribution is -2.17. The fourth-order valence-electron chi connectivity index (χ4n) is 1.77. The number of thiazole rings is 1. The molecule has 0 bridgehead atoms. The molecule has 0 saturated carbocycles. The highest BCUT2D eigenvalue weighted by atomic mass is 32.1. The largest absolute Gasteiger partial charge is 0.362 e. The molecule has 0 atom stereocenters. The Morgan fingerprint density at radius 3 is 3.00 bits per heavy atom. The van der Waals surface area contributed by atoms with Crippen LogP contribution in [0.1, 0.15) is 24.6 Å². The van der Waals surface area contributed by atoms with E-state index < -0.39 is 0 Å². The highest BCUT2D eigenvalue weighted by Crippen LogP contribution is 2.21. The van der Waals surface area contributed by atoms with E-state index in [4.69, 9.17) is 0 Å². The average molecular weight is 211 g/mol. The van der Waals surface area contributed by atoms with Crippen LogP contribution in [0.3, 0.4) is 0 Å². The lowest BCUT2D eigenvalue weighted by atomic mass is 10.4. The first-order valence-electron chi connectivity index (χ1n) is 5.29. The predicted molar refractivity (Wildman–Crippen MR) is 60.8 cm³/mol. The molecule has 1 aliphatic heterocycles. The van der Waals surface area contributed by atoms with Crippen LogP contribution in [0.15, 0.2) is 6.20 Å². The van der Waals surface area contributed by atoms with Crippen LogP contribution in [-0.4, -0.2) is 29.5 Å². The van der Waals surface area contributed by atoms with Crippen LogP contribution in [0.4, 0.5) is 5.13 Å². The summed E-state index contributed by atoms with van der Waals surface area (Å²) in [7, 11) is 0. The molecule has 78 valence electrons. The highest BCUT2D eigenvalue weighted by molar-refractivity contribution is 7.15. The molecule has 1 aromatic rings. The van der Waals surface area contributed by atoms with E-state index in [2.05, 4.69) is 22.1 Å². The van der Waals surface area contributed by atoms with Gasteiger partial charge in [-0.1, -0.05) is 0 Å². The zero-order chi connectivity index (χ0) is 9.80. The summed E-state index contributed by atoms with van der Waals surface area (Å²) in [5.74, 6) is 0. The number of hydrogen-bond acceptors (Lipinski definition) is 4. The average Bonchev–Trinajstić information content (AvgIpc) is 2.79. The van der Waals surface area contributed by atoms with Crippen LogP contribution in [0.2, 0.25) is 0 Å². The van der Waals surface area contributed by atoms with Gasteiger partial charge >= 0.3 is 0 Å². The molecule has 1 saturated heterocycles. The van der Waals surface area contributed by atoms with Gasteiger partial charge in [0.15, 0.2) is 5.13 Å². The van der Waals surface area contributed by atoms with Crippen LogP contribution >= 0.6 is 11.3 Å². The second kappa shape index (κ2) is 4.75. The Hall–Kier alpha value is -0.610. The molecule has 1 aliphatic rings. The number of likely N-dealkylation sites (tertiary alicyclic amines) is 1. The first-order valence-corrected chi connectivity index (χ1v) is 6.11. The van der Waals surface area contributed by atoms with E-state index >= 15 is 0 Å². The summed E-state index contributed by atoms with van der Waals surface area (Å²) in [5, 5.41) is 4.30. The molecule has 4 heteroatoms. The summed E-state index contributed by atoms with van der Waals surface area (Å²) in [6.45, 7) is 6.66. The molecule has 3 nitrogen and oxygen atoms in total. The molecule has 2 heterocycles. The van der Waals surface area contributed by atoms with E-state index in [0.29, 0.717) is 0 Å². The third kappa shape index (κ3) is 2.45. The Balaban J connectivity index is 1.88. The van der Waals surface area contributed by atoms with E-state index in [1.165, 1.54) is 30.8 Å². The molecule has 14 heavy (non-hydrogen) atoms. The summed E-state index contributed by atoms with van der Waals surface area (Å²) >= 11 is 1.78. The van der Waals surface area contributed by atoms with Crippen LogP contribution in [0.5, 0.6) is 0 Å². The SMILES string of the molecule is CCNc1ncc(CN2CCCC2)s1. The van der Waals surface area contributed by atoms with Crippen molar-refractivity contribution >= 4 is 16.5 Å². The van der Waals surface area contributed by atoms with Gasteiger partial charge < -0.3 is 5.32 Å². The van der Waals surface area contributed by atoms with Gasteiger partial charge in [-0.2, -0.15) is 0 Å². The number of anilines is 1. The Labute approximate surface area is 89.1 Å². The summed E-state index contributed by atoms with van der Waals surface area (Å²) in [6.07, 6.45) is 4.72. The summed E-state index contributed by atoms with van der Waals surface area (Å²) in [5.41, 5.74) is 0. The van der Waals surface area contributed by atoms with Crippen molar-refractivity contribution in [2.24, 2.45) is 0 Å². The first-order chi connectivity index (χ1) is 6.88. The van der Waals surface area contributed by atoms with Gasteiger partial charge in [-0.3, -0.25) is 4.90 Å². The Kier molecular flexibility index (Phi) is 3.37. The van der Waals surface area contributed by atoms with Crippen molar-refractivity contribution in [3.63, 3.8) is 0 Å². The quantitative estimate of drug-likeness (QED) is 0.827. The van der Waals surface area contributed by atoms with Gasteiger partial charge in [0.2, 0.25) is 0 Å². The first kappa shape index (κ1) is 9.93.